The Morgan fingerprint density at radius 3 is 2.71 bits per heavy atom. The van der Waals surface area contributed by atoms with Crippen LogP contribution in [-0.2, 0) is 16.0 Å². The highest BCUT2D eigenvalue weighted by molar-refractivity contribution is 6.31. The Morgan fingerprint density at radius 2 is 1.94 bits per heavy atom. The molecule has 2 fully saturated rings. The van der Waals surface area contributed by atoms with E-state index in [-0.39, 0.29) is 22.9 Å². The van der Waals surface area contributed by atoms with Gasteiger partial charge in [0.1, 0.15) is 6.10 Å². The SMILES string of the molecule is CC(=O)O[C@H]1CC[C@H]2[C@@H]3CC=C4C=C(Cc5ccccc5Cl)CC[C@]4(C)[C@H]3CC[C@]12C. The molecule has 0 amide bonds. The molecule has 166 valence electrons. The molecule has 1 aromatic rings. The molecular weight excluding hydrogens is 404 g/mol. The molecule has 31 heavy (non-hydrogen) atoms. The van der Waals surface area contributed by atoms with E-state index in [4.69, 9.17) is 16.3 Å². The Morgan fingerprint density at radius 1 is 1.13 bits per heavy atom. The molecule has 0 aliphatic heterocycles. The zero-order valence-electron chi connectivity index (χ0n) is 19.1. The molecule has 0 N–H and O–H groups in total. The number of halogens is 1. The van der Waals surface area contributed by atoms with Crippen LogP contribution in [0.4, 0.5) is 0 Å². The van der Waals surface area contributed by atoms with Crippen molar-refractivity contribution in [1.29, 1.82) is 0 Å². The summed E-state index contributed by atoms with van der Waals surface area (Å²) < 4.78 is 5.80. The van der Waals surface area contributed by atoms with Gasteiger partial charge >= 0.3 is 5.97 Å². The monoisotopic (exact) mass is 438 g/mol. The second kappa shape index (κ2) is 7.80. The molecule has 0 radical (unpaired) electrons. The van der Waals surface area contributed by atoms with Gasteiger partial charge in [0.25, 0.3) is 0 Å². The molecular formula is C28H35ClO2. The van der Waals surface area contributed by atoms with Crippen molar-refractivity contribution in [3.05, 3.63) is 58.1 Å². The van der Waals surface area contributed by atoms with Crippen molar-refractivity contribution in [2.75, 3.05) is 0 Å². The Labute approximate surface area is 192 Å². The van der Waals surface area contributed by atoms with Crippen molar-refractivity contribution >= 4 is 17.6 Å². The zero-order chi connectivity index (χ0) is 21.8. The standard InChI is InChI=1S/C28H35ClO2/c1-18(30)31-26-11-10-23-22-9-8-21-17-19(16-20-6-4-5-7-25(20)29)12-14-27(21,2)24(22)13-15-28(23,26)3/h4-8,17,22-24,26H,9-16H2,1-3H3/t22-,23-,24-,26-,27-,28-/m0/s1. The number of allylic oxidation sites excluding steroid dienone is 4. The van der Waals surface area contributed by atoms with Crippen LogP contribution in [0.3, 0.4) is 0 Å². The Kier molecular flexibility index (Phi) is 5.36. The third-order valence-electron chi connectivity index (χ3n) is 9.45. The summed E-state index contributed by atoms with van der Waals surface area (Å²) in [6, 6.07) is 8.25. The van der Waals surface area contributed by atoms with Gasteiger partial charge in [-0.15, -0.1) is 0 Å². The molecule has 2 saturated carbocycles. The largest absolute Gasteiger partial charge is 0.462 e. The average molecular weight is 439 g/mol. The normalized spacial score (nSPS) is 39.0. The Hall–Kier alpha value is -1.54. The molecule has 4 aliphatic carbocycles. The van der Waals surface area contributed by atoms with E-state index >= 15 is 0 Å². The lowest BCUT2D eigenvalue weighted by atomic mass is 9.48. The second-order valence-corrected chi connectivity index (χ2v) is 11.4. The maximum absolute atomic E-state index is 11.7. The molecule has 1 aromatic carbocycles. The topological polar surface area (TPSA) is 26.3 Å². The average Bonchev–Trinajstić information content (AvgIpc) is 3.06. The van der Waals surface area contributed by atoms with Crippen molar-refractivity contribution in [1.82, 2.24) is 0 Å². The van der Waals surface area contributed by atoms with Crippen molar-refractivity contribution in [3.8, 4) is 0 Å². The summed E-state index contributed by atoms with van der Waals surface area (Å²) in [7, 11) is 0. The summed E-state index contributed by atoms with van der Waals surface area (Å²) in [5.74, 6) is 2.04. The van der Waals surface area contributed by atoms with E-state index in [1.807, 2.05) is 12.1 Å². The van der Waals surface area contributed by atoms with Crippen molar-refractivity contribution in [2.45, 2.75) is 78.2 Å². The molecule has 4 aliphatic rings. The molecule has 0 heterocycles. The smallest absolute Gasteiger partial charge is 0.302 e. The number of carbonyl (C=O) groups is 1. The molecule has 0 unspecified atom stereocenters. The van der Waals surface area contributed by atoms with E-state index in [2.05, 4.69) is 38.1 Å². The minimum Gasteiger partial charge on any atom is -0.462 e. The van der Waals surface area contributed by atoms with Gasteiger partial charge < -0.3 is 4.74 Å². The number of benzene rings is 1. The van der Waals surface area contributed by atoms with Crippen LogP contribution in [0, 0.1) is 28.6 Å². The van der Waals surface area contributed by atoms with Gasteiger partial charge in [-0.1, -0.05) is 61.4 Å². The number of carbonyl (C=O) groups excluding carboxylic acids is 1. The van der Waals surface area contributed by atoms with Gasteiger partial charge in [0, 0.05) is 17.4 Å². The summed E-state index contributed by atoms with van der Waals surface area (Å²) in [6.45, 7) is 6.49. The summed E-state index contributed by atoms with van der Waals surface area (Å²) in [4.78, 5) is 11.7. The number of hydrogen-bond acceptors (Lipinski definition) is 2. The van der Waals surface area contributed by atoms with Gasteiger partial charge in [0.2, 0.25) is 0 Å². The van der Waals surface area contributed by atoms with Crippen LogP contribution in [-0.4, -0.2) is 12.1 Å². The molecule has 6 atom stereocenters. The minimum atomic E-state index is -0.116. The van der Waals surface area contributed by atoms with Gasteiger partial charge in [0.15, 0.2) is 0 Å². The van der Waals surface area contributed by atoms with Crippen LogP contribution >= 0.6 is 11.6 Å². The summed E-state index contributed by atoms with van der Waals surface area (Å²) in [5.41, 5.74) is 4.78. The van der Waals surface area contributed by atoms with E-state index in [1.54, 1.807) is 12.5 Å². The zero-order valence-corrected chi connectivity index (χ0v) is 19.9. The van der Waals surface area contributed by atoms with Gasteiger partial charge in [-0.3, -0.25) is 4.79 Å². The van der Waals surface area contributed by atoms with Crippen molar-refractivity contribution in [2.24, 2.45) is 28.6 Å². The number of fused-ring (bicyclic) bond motifs is 5. The van der Waals surface area contributed by atoms with E-state index in [0.717, 1.165) is 29.7 Å². The summed E-state index contributed by atoms with van der Waals surface area (Å²) >= 11 is 6.43. The van der Waals surface area contributed by atoms with E-state index in [0.29, 0.717) is 5.92 Å². The predicted octanol–water partition coefficient (Wildman–Crippen LogP) is 7.31. The number of hydrogen-bond donors (Lipinski definition) is 0. The molecule has 0 aromatic heterocycles. The van der Waals surface area contributed by atoms with Gasteiger partial charge in [-0.25, -0.2) is 0 Å². The lowest BCUT2D eigenvalue weighted by Crippen LogP contribution is -2.50. The first-order chi connectivity index (χ1) is 14.8. The fraction of sp³-hybridized carbons (Fsp3) is 0.607. The fourth-order valence-corrected chi connectivity index (χ4v) is 7.96. The van der Waals surface area contributed by atoms with Gasteiger partial charge in [-0.05, 0) is 91.7 Å². The quantitative estimate of drug-likeness (QED) is 0.462. The summed E-state index contributed by atoms with van der Waals surface area (Å²) in [5, 5.41) is 0.879. The highest BCUT2D eigenvalue weighted by atomic mass is 35.5. The molecule has 0 bridgehead atoms. The first-order valence-corrected chi connectivity index (χ1v) is 12.5. The summed E-state index contributed by atoms with van der Waals surface area (Å²) in [6.07, 6.45) is 14.4. The maximum Gasteiger partial charge on any atom is 0.302 e. The van der Waals surface area contributed by atoms with E-state index in [9.17, 15) is 4.79 Å². The van der Waals surface area contributed by atoms with Crippen LogP contribution in [0.5, 0.6) is 0 Å². The molecule has 3 heteroatoms. The fourth-order valence-electron chi connectivity index (χ4n) is 7.76. The maximum atomic E-state index is 11.7. The predicted molar refractivity (Wildman–Crippen MR) is 126 cm³/mol. The Balaban J connectivity index is 1.39. The van der Waals surface area contributed by atoms with Crippen LogP contribution in [0.15, 0.2) is 47.6 Å². The third-order valence-corrected chi connectivity index (χ3v) is 9.82. The number of esters is 1. The lowest BCUT2D eigenvalue weighted by Gasteiger charge is -2.56. The van der Waals surface area contributed by atoms with Crippen LogP contribution in [0.1, 0.15) is 71.3 Å². The second-order valence-electron chi connectivity index (χ2n) is 11.0. The first-order valence-electron chi connectivity index (χ1n) is 12.1. The number of ether oxygens (including phenoxy) is 1. The van der Waals surface area contributed by atoms with E-state index < -0.39 is 0 Å². The van der Waals surface area contributed by atoms with Crippen LogP contribution in [0.2, 0.25) is 5.02 Å². The van der Waals surface area contributed by atoms with Gasteiger partial charge in [-0.2, -0.15) is 0 Å². The molecule has 2 nitrogen and oxygen atoms in total. The van der Waals surface area contributed by atoms with Crippen molar-refractivity contribution < 1.29 is 9.53 Å². The molecule has 5 rings (SSSR count). The number of rotatable bonds is 3. The highest BCUT2D eigenvalue weighted by Gasteiger charge is 2.59. The molecule has 0 saturated heterocycles. The van der Waals surface area contributed by atoms with Crippen LogP contribution < -0.4 is 0 Å². The lowest BCUT2D eigenvalue weighted by molar-refractivity contribution is -0.156. The highest BCUT2D eigenvalue weighted by Crippen LogP contribution is 2.65. The first kappa shape index (κ1) is 21.3. The minimum absolute atomic E-state index is 0.114. The third kappa shape index (κ3) is 3.50. The molecule has 0 spiro atoms. The van der Waals surface area contributed by atoms with Crippen LogP contribution in [0.25, 0.3) is 0 Å². The van der Waals surface area contributed by atoms with Crippen molar-refractivity contribution in [3.63, 3.8) is 0 Å². The van der Waals surface area contributed by atoms with E-state index in [1.165, 1.54) is 49.7 Å². The van der Waals surface area contributed by atoms with Gasteiger partial charge in [0.05, 0.1) is 0 Å². The Bertz CT molecular complexity index is 946.